The number of rotatable bonds is 5. The molecule has 2 N–H and O–H groups in total. The molecule has 24 heavy (non-hydrogen) atoms. The van der Waals surface area contributed by atoms with E-state index in [0.29, 0.717) is 11.1 Å². The topological polar surface area (TPSA) is 70.7 Å². The van der Waals surface area contributed by atoms with Crippen LogP contribution in [-0.4, -0.2) is 26.3 Å². The van der Waals surface area contributed by atoms with E-state index in [1.807, 2.05) is 32.9 Å². The Balaban J connectivity index is 1.59. The van der Waals surface area contributed by atoms with Gasteiger partial charge in [-0.25, -0.2) is 4.98 Å². The Labute approximate surface area is 147 Å². The van der Waals surface area contributed by atoms with Gasteiger partial charge in [-0.15, -0.1) is 5.10 Å². The van der Waals surface area contributed by atoms with Crippen molar-refractivity contribution in [2.45, 2.75) is 62.8 Å². The maximum atomic E-state index is 12.4. The van der Waals surface area contributed by atoms with Crippen molar-refractivity contribution in [1.29, 1.82) is 0 Å². The van der Waals surface area contributed by atoms with Crippen LogP contribution < -0.4 is 5.32 Å². The van der Waals surface area contributed by atoms with Gasteiger partial charge in [-0.3, -0.25) is 9.89 Å². The number of aromatic amines is 1. The second kappa shape index (κ2) is 7.38. The molecule has 6 heteroatoms. The lowest BCUT2D eigenvalue weighted by Crippen LogP contribution is -2.23. The minimum absolute atomic E-state index is 0.0285. The zero-order valence-corrected chi connectivity index (χ0v) is 15.2. The summed E-state index contributed by atoms with van der Waals surface area (Å²) in [5.74, 6) is 1.45. The van der Waals surface area contributed by atoms with Gasteiger partial charge in [-0.2, -0.15) is 0 Å². The molecule has 1 aliphatic carbocycles. The molecule has 0 radical (unpaired) electrons. The molecule has 1 atom stereocenters. The summed E-state index contributed by atoms with van der Waals surface area (Å²) in [7, 11) is 0. The van der Waals surface area contributed by atoms with Gasteiger partial charge in [-0.05, 0) is 45.2 Å². The third-order valence-corrected chi connectivity index (χ3v) is 5.48. The smallest absolute Gasteiger partial charge is 0.237 e. The van der Waals surface area contributed by atoms with Crippen molar-refractivity contribution in [3.05, 3.63) is 35.2 Å². The normalized spacial score (nSPS) is 16.3. The molecule has 1 unspecified atom stereocenters. The minimum Gasteiger partial charge on any atom is -0.325 e. The predicted molar refractivity (Wildman–Crippen MR) is 97.5 cm³/mol. The number of benzene rings is 1. The van der Waals surface area contributed by atoms with Crippen LogP contribution in [-0.2, 0) is 4.79 Å². The molecule has 1 amide bonds. The van der Waals surface area contributed by atoms with Gasteiger partial charge < -0.3 is 5.32 Å². The van der Waals surface area contributed by atoms with Gasteiger partial charge in [-0.1, -0.05) is 42.3 Å². The van der Waals surface area contributed by atoms with Crippen molar-refractivity contribution in [3.63, 3.8) is 0 Å². The SMILES string of the molecule is Cc1ccc(NC(=O)C(C)Sc2n[nH]c(C3CCCC3)n2)c(C)c1. The van der Waals surface area contributed by atoms with Gasteiger partial charge in [0.1, 0.15) is 5.82 Å². The van der Waals surface area contributed by atoms with Crippen molar-refractivity contribution in [2.24, 2.45) is 0 Å². The molecule has 1 heterocycles. The fraction of sp³-hybridized carbons (Fsp3) is 0.500. The van der Waals surface area contributed by atoms with Crippen molar-refractivity contribution >= 4 is 23.4 Å². The van der Waals surface area contributed by atoms with Gasteiger partial charge in [0.2, 0.25) is 11.1 Å². The molecule has 1 aromatic carbocycles. The lowest BCUT2D eigenvalue weighted by Gasteiger charge is -2.12. The summed E-state index contributed by atoms with van der Waals surface area (Å²) in [6.45, 7) is 5.93. The zero-order chi connectivity index (χ0) is 17.1. The van der Waals surface area contributed by atoms with Crippen LogP contribution >= 0.6 is 11.8 Å². The summed E-state index contributed by atoms with van der Waals surface area (Å²) in [6, 6.07) is 6.02. The fourth-order valence-electron chi connectivity index (χ4n) is 3.09. The van der Waals surface area contributed by atoms with Crippen molar-refractivity contribution < 1.29 is 4.79 Å². The fourth-order valence-corrected chi connectivity index (χ4v) is 3.82. The Hall–Kier alpha value is -1.82. The lowest BCUT2D eigenvalue weighted by atomic mass is 10.1. The molecule has 0 aliphatic heterocycles. The van der Waals surface area contributed by atoms with Crippen LogP contribution in [0.25, 0.3) is 0 Å². The Morgan fingerprint density at radius 2 is 2.08 bits per heavy atom. The molecule has 0 bridgehead atoms. The van der Waals surface area contributed by atoms with E-state index in [2.05, 4.69) is 26.6 Å². The lowest BCUT2D eigenvalue weighted by molar-refractivity contribution is -0.115. The van der Waals surface area contributed by atoms with Gasteiger partial charge in [0, 0.05) is 11.6 Å². The van der Waals surface area contributed by atoms with Crippen LogP contribution in [0.4, 0.5) is 5.69 Å². The first-order valence-corrected chi connectivity index (χ1v) is 9.38. The number of aromatic nitrogens is 3. The number of nitrogens with zero attached hydrogens (tertiary/aromatic N) is 2. The Morgan fingerprint density at radius 3 is 2.79 bits per heavy atom. The minimum atomic E-state index is -0.252. The second-order valence-corrected chi connectivity index (χ2v) is 7.86. The monoisotopic (exact) mass is 344 g/mol. The summed E-state index contributed by atoms with van der Waals surface area (Å²) in [6.07, 6.45) is 4.90. The number of aryl methyl sites for hydroxylation is 2. The molecule has 1 aromatic heterocycles. The van der Waals surface area contributed by atoms with E-state index in [-0.39, 0.29) is 11.2 Å². The highest BCUT2D eigenvalue weighted by atomic mass is 32.2. The van der Waals surface area contributed by atoms with Gasteiger partial charge in [0.05, 0.1) is 5.25 Å². The van der Waals surface area contributed by atoms with E-state index in [1.54, 1.807) is 0 Å². The largest absolute Gasteiger partial charge is 0.325 e. The number of carbonyl (C=O) groups excluding carboxylic acids is 1. The third-order valence-electron chi connectivity index (χ3n) is 4.52. The number of H-pyrrole nitrogens is 1. The van der Waals surface area contributed by atoms with Gasteiger partial charge in [0.25, 0.3) is 0 Å². The number of hydrogen-bond acceptors (Lipinski definition) is 4. The zero-order valence-electron chi connectivity index (χ0n) is 14.4. The molecule has 1 saturated carbocycles. The van der Waals surface area contributed by atoms with E-state index in [1.165, 1.54) is 43.0 Å². The second-order valence-electron chi connectivity index (χ2n) is 6.55. The first-order chi connectivity index (χ1) is 11.5. The number of anilines is 1. The van der Waals surface area contributed by atoms with E-state index in [0.717, 1.165) is 17.1 Å². The molecule has 2 aromatic rings. The molecular weight excluding hydrogens is 320 g/mol. The van der Waals surface area contributed by atoms with Crippen LogP contribution in [0.1, 0.15) is 55.5 Å². The van der Waals surface area contributed by atoms with Crippen molar-refractivity contribution in [2.75, 3.05) is 5.32 Å². The van der Waals surface area contributed by atoms with Crippen LogP contribution in [0.15, 0.2) is 23.4 Å². The first-order valence-electron chi connectivity index (χ1n) is 8.50. The molecule has 0 saturated heterocycles. The number of amides is 1. The molecule has 128 valence electrons. The number of carbonyl (C=O) groups is 1. The van der Waals surface area contributed by atoms with E-state index >= 15 is 0 Å². The average molecular weight is 344 g/mol. The maximum Gasteiger partial charge on any atom is 0.237 e. The van der Waals surface area contributed by atoms with Gasteiger partial charge in [0.15, 0.2) is 0 Å². The average Bonchev–Trinajstić information content (AvgIpc) is 3.20. The van der Waals surface area contributed by atoms with E-state index in [9.17, 15) is 4.79 Å². The van der Waals surface area contributed by atoms with Gasteiger partial charge >= 0.3 is 0 Å². The molecule has 1 aliphatic rings. The summed E-state index contributed by atoms with van der Waals surface area (Å²) >= 11 is 1.39. The number of hydrogen-bond donors (Lipinski definition) is 2. The van der Waals surface area contributed by atoms with Crippen LogP contribution in [0.3, 0.4) is 0 Å². The van der Waals surface area contributed by atoms with Crippen molar-refractivity contribution in [3.8, 4) is 0 Å². The Morgan fingerprint density at radius 1 is 1.33 bits per heavy atom. The Bertz CT molecular complexity index is 722. The number of nitrogens with one attached hydrogen (secondary N) is 2. The standard InChI is InChI=1S/C18H24N4OS/c1-11-8-9-15(12(2)10-11)19-17(23)13(3)24-18-20-16(21-22-18)14-6-4-5-7-14/h8-10,13-14H,4-7H2,1-3H3,(H,19,23)(H,20,21,22). The highest BCUT2D eigenvalue weighted by molar-refractivity contribution is 8.00. The van der Waals surface area contributed by atoms with Crippen molar-refractivity contribution in [1.82, 2.24) is 15.2 Å². The molecule has 0 spiro atoms. The van der Waals surface area contributed by atoms with E-state index < -0.39 is 0 Å². The first kappa shape index (κ1) is 17.0. The van der Waals surface area contributed by atoms with Crippen LogP contribution in [0, 0.1) is 13.8 Å². The molecular formula is C18H24N4OS. The quantitative estimate of drug-likeness (QED) is 0.798. The molecule has 1 fully saturated rings. The van der Waals surface area contributed by atoms with E-state index in [4.69, 9.17) is 0 Å². The highest BCUT2D eigenvalue weighted by Gasteiger charge is 2.22. The Kier molecular flexibility index (Phi) is 5.23. The van der Waals surface area contributed by atoms with Crippen LogP contribution in [0.5, 0.6) is 0 Å². The molecule has 3 rings (SSSR count). The van der Waals surface area contributed by atoms with Crippen LogP contribution in [0.2, 0.25) is 0 Å². The summed E-state index contributed by atoms with van der Waals surface area (Å²) in [4.78, 5) is 17.0. The predicted octanol–water partition coefficient (Wildman–Crippen LogP) is 4.20. The summed E-state index contributed by atoms with van der Waals surface area (Å²) < 4.78 is 0. The summed E-state index contributed by atoms with van der Waals surface area (Å²) in [5, 5.41) is 10.7. The molecule has 5 nitrogen and oxygen atoms in total. The third kappa shape index (κ3) is 3.98. The highest BCUT2D eigenvalue weighted by Crippen LogP contribution is 2.33. The number of thioether (sulfide) groups is 1. The summed E-state index contributed by atoms with van der Waals surface area (Å²) in [5.41, 5.74) is 3.12. The maximum absolute atomic E-state index is 12.4.